The average Bonchev–Trinajstić information content (AvgIpc) is 2.81. The van der Waals surface area contributed by atoms with E-state index >= 15 is 0 Å². The predicted octanol–water partition coefficient (Wildman–Crippen LogP) is -2.52. The molecule has 0 bridgehead atoms. The summed E-state index contributed by atoms with van der Waals surface area (Å²) in [5, 5.41) is -0.706. The minimum absolute atomic E-state index is 0. The van der Waals surface area contributed by atoms with Crippen molar-refractivity contribution in [3.05, 3.63) is 12.1 Å². The number of nitrogens with zero attached hydrogens (tertiary/aromatic N) is 3. The summed E-state index contributed by atoms with van der Waals surface area (Å²) in [6, 6.07) is 3.29. The summed E-state index contributed by atoms with van der Waals surface area (Å²) >= 11 is 1.11. The van der Waals surface area contributed by atoms with Crippen LogP contribution in [0.15, 0.2) is 17.3 Å². The Morgan fingerprint density at radius 3 is 2.71 bits per heavy atom. The smallest absolute Gasteiger partial charge is 0.742 e. The Balaban J connectivity index is 0.00000108. The summed E-state index contributed by atoms with van der Waals surface area (Å²) in [7, 11) is -4.62. The number of fused-ring (bicyclic) bond motifs is 3. The fourth-order valence-electron chi connectivity index (χ4n) is 1.40. The number of hydrogen-bond acceptors (Lipinski definition) is 7. The molecule has 0 fully saturated rings. The molecule has 17 heavy (non-hydrogen) atoms. The average molecular weight is 294 g/mol. The summed E-state index contributed by atoms with van der Waals surface area (Å²) in [5.41, 5.74) is 1.92. The molecule has 2 heterocycles. The molecule has 0 saturated heterocycles. The van der Waals surface area contributed by atoms with Crippen LogP contribution in [0.3, 0.4) is 0 Å². The second-order valence-corrected chi connectivity index (χ2v) is 4.92. The van der Waals surface area contributed by atoms with E-state index in [0.717, 1.165) is 17.2 Å². The molecule has 0 amide bonds. The van der Waals surface area contributed by atoms with Gasteiger partial charge in [-0.05, 0) is 12.1 Å². The molecular weight excluding hydrogens is 291 g/mol. The molecule has 0 atom stereocenters. The number of hydrogen-bond donors (Lipinski definition) is 1. The molecule has 0 saturated carbocycles. The third-order valence-corrected chi connectivity index (χ3v) is 3.28. The van der Waals surface area contributed by atoms with Gasteiger partial charge < -0.3 is 4.55 Å². The van der Waals surface area contributed by atoms with Crippen LogP contribution in [0.2, 0.25) is 0 Å². The molecule has 0 aliphatic rings. The number of nitrogens with one attached hydrogen (secondary N) is 1. The van der Waals surface area contributed by atoms with E-state index in [1.165, 1.54) is 0 Å². The molecular formula is C7H3KN4O3S2. The zero-order valence-corrected chi connectivity index (χ0v) is 13.3. The summed E-state index contributed by atoms with van der Waals surface area (Å²) < 4.78 is 39.2. The molecule has 82 valence electrons. The first-order valence-electron chi connectivity index (χ1n) is 4.12. The van der Waals surface area contributed by atoms with E-state index in [4.69, 9.17) is 0 Å². The molecule has 7 nitrogen and oxygen atoms in total. The number of imidazole rings is 1. The SMILES string of the molecule is O=S(=O)([O-])c1nc2ccc3[nH]snc3c2n1.[K+]. The molecule has 3 rings (SSSR count). The van der Waals surface area contributed by atoms with Crippen LogP contribution in [0.25, 0.3) is 22.1 Å². The van der Waals surface area contributed by atoms with Crippen molar-refractivity contribution < 1.29 is 64.4 Å². The minimum atomic E-state index is -4.62. The topological polar surface area (TPSA) is 112 Å². The molecule has 0 radical (unpaired) electrons. The summed E-state index contributed by atoms with van der Waals surface area (Å²) in [5.74, 6) is 0. The van der Waals surface area contributed by atoms with Crippen molar-refractivity contribution in [3.8, 4) is 0 Å². The maximum absolute atomic E-state index is 10.8. The Bertz CT molecular complexity index is 794. The Morgan fingerprint density at radius 1 is 1.24 bits per heavy atom. The van der Waals surface area contributed by atoms with Gasteiger partial charge in [0.15, 0.2) is 10.1 Å². The molecule has 2 aromatic heterocycles. The van der Waals surface area contributed by atoms with Gasteiger partial charge in [-0.25, -0.2) is 18.4 Å². The molecule has 1 N–H and O–H groups in total. The Morgan fingerprint density at radius 2 is 2.00 bits per heavy atom. The number of aromatic nitrogens is 4. The number of benzene rings is 1. The van der Waals surface area contributed by atoms with Crippen molar-refractivity contribution in [1.82, 2.24) is 18.7 Å². The molecule has 3 aromatic rings. The van der Waals surface area contributed by atoms with Gasteiger partial charge in [-0.2, -0.15) is 4.37 Å². The first-order valence-corrected chi connectivity index (χ1v) is 6.30. The molecule has 0 spiro atoms. The van der Waals surface area contributed by atoms with E-state index in [1.807, 2.05) is 0 Å². The second-order valence-electron chi connectivity index (χ2n) is 3.07. The normalized spacial score (nSPS) is 11.8. The Hall–Kier alpha value is 0.0564. The quantitative estimate of drug-likeness (QED) is 0.391. The summed E-state index contributed by atoms with van der Waals surface area (Å²) in [4.78, 5) is 7.35. The first kappa shape index (κ1) is 13.5. The van der Waals surface area contributed by atoms with Gasteiger partial charge in [-0.15, -0.1) is 0 Å². The minimum Gasteiger partial charge on any atom is -0.742 e. The summed E-state index contributed by atoms with van der Waals surface area (Å²) in [6.07, 6.45) is 0. The van der Waals surface area contributed by atoms with Gasteiger partial charge in [0.25, 0.3) is 0 Å². The van der Waals surface area contributed by atoms with E-state index in [9.17, 15) is 13.0 Å². The zero-order valence-electron chi connectivity index (χ0n) is 8.54. The van der Waals surface area contributed by atoms with Gasteiger partial charge in [0, 0.05) is 11.7 Å². The molecule has 0 unspecified atom stereocenters. The maximum atomic E-state index is 10.8. The van der Waals surface area contributed by atoms with Gasteiger partial charge in [0.05, 0.1) is 11.0 Å². The van der Waals surface area contributed by atoms with Crippen LogP contribution in [0.5, 0.6) is 0 Å². The Kier molecular flexibility index (Phi) is 3.67. The third-order valence-electron chi connectivity index (χ3n) is 2.07. The molecule has 0 aliphatic heterocycles. The van der Waals surface area contributed by atoms with Crippen LogP contribution in [0, 0.1) is 0 Å². The van der Waals surface area contributed by atoms with Crippen molar-refractivity contribution in [2.45, 2.75) is 5.16 Å². The number of aromatic amines is 1. The van der Waals surface area contributed by atoms with Crippen LogP contribution in [0.1, 0.15) is 0 Å². The second kappa shape index (κ2) is 4.62. The monoisotopic (exact) mass is 294 g/mol. The largest absolute Gasteiger partial charge is 1.00 e. The molecule has 0 aliphatic carbocycles. The van der Waals surface area contributed by atoms with Crippen molar-refractivity contribution in [1.29, 1.82) is 0 Å². The van der Waals surface area contributed by atoms with Gasteiger partial charge >= 0.3 is 51.4 Å². The fourth-order valence-corrected chi connectivity index (χ4v) is 2.40. The standard InChI is InChI=1S/C7H4N4O3S2.K/c12-16(13,14)7-8-3-1-2-4-6(5(3)9-7)11-15-10-4;/h1-2,10H,(H,12,13,14);/q;+1/p-1. The third kappa shape index (κ3) is 2.31. The van der Waals surface area contributed by atoms with Crippen LogP contribution in [0.4, 0.5) is 0 Å². The van der Waals surface area contributed by atoms with E-state index in [1.54, 1.807) is 12.1 Å². The van der Waals surface area contributed by atoms with Gasteiger partial charge in [0.2, 0.25) is 5.16 Å². The number of rotatable bonds is 1. The van der Waals surface area contributed by atoms with Gasteiger partial charge in [-0.3, -0.25) is 4.37 Å². The van der Waals surface area contributed by atoms with E-state index < -0.39 is 15.3 Å². The van der Waals surface area contributed by atoms with Crippen molar-refractivity contribution in [2.75, 3.05) is 0 Å². The van der Waals surface area contributed by atoms with Gasteiger partial charge in [-0.1, -0.05) is 0 Å². The van der Waals surface area contributed by atoms with Crippen LogP contribution < -0.4 is 51.4 Å². The Labute approximate surface area is 142 Å². The van der Waals surface area contributed by atoms with Crippen molar-refractivity contribution in [3.63, 3.8) is 0 Å². The van der Waals surface area contributed by atoms with E-state index in [-0.39, 0.29) is 51.4 Å². The first-order chi connectivity index (χ1) is 7.55. The molecule has 1 aromatic carbocycles. The maximum Gasteiger partial charge on any atom is 1.00 e. The van der Waals surface area contributed by atoms with E-state index in [0.29, 0.717) is 16.6 Å². The fraction of sp³-hybridized carbons (Fsp3) is 0. The number of H-pyrrole nitrogens is 1. The van der Waals surface area contributed by atoms with Crippen LogP contribution in [-0.2, 0) is 10.1 Å². The summed E-state index contributed by atoms with van der Waals surface area (Å²) in [6.45, 7) is 0. The molecule has 10 heteroatoms. The van der Waals surface area contributed by atoms with Crippen molar-refractivity contribution >= 4 is 43.9 Å². The van der Waals surface area contributed by atoms with Gasteiger partial charge in [0.1, 0.15) is 11.0 Å². The van der Waals surface area contributed by atoms with Crippen molar-refractivity contribution in [2.24, 2.45) is 0 Å². The van der Waals surface area contributed by atoms with Crippen LogP contribution in [-0.4, -0.2) is 31.7 Å². The van der Waals surface area contributed by atoms with E-state index in [2.05, 4.69) is 18.7 Å². The zero-order chi connectivity index (χ0) is 11.3. The predicted molar refractivity (Wildman–Crippen MR) is 55.0 cm³/mol. The van der Waals surface area contributed by atoms with Crippen LogP contribution >= 0.6 is 11.7 Å².